The molecule has 0 aliphatic carbocycles. The molecule has 72 valence electrons. The fourth-order valence-corrected chi connectivity index (χ4v) is 1.32. The molecule has 2 aromatic rings. The first kappa shape index (κ1) is 9.02. The number of H-pyrrole nitrogens is 1. The summed E-state index contributed by atoms with van der Waals surface area (Å²) in [5.74, 6) is -0.279. The van der Waals surface area contributed by atoms with Gasteiger partial charge in [-0.15, -0.1) is 11.6 Å². The van der Waals surface area contributed by atoms with E-state index in [0.29, 0.717) is 5.69 Å². The van der Waals surface area contributed by atoms with E-state index in [4.69, 9.17) is 11.6 Å². The number of rotatable bonds is 2. The minimum Gasteiger partial charge on any atom is -0.323 e. The molecule has 1 heterocycles. The molecule has 0 bridgehead atoms. The van der Waals surface area contributed by atoms with Crippen molar-refractivity contribution in [3.63, 3.8) is 0 Å². The van der Waals surface area contributed by atoms with E-state index in [1.54, 1.807) is 12.3 Å². The van der Waals surface area contributed by atoms with Crippen LogP contribution in [0.3, 0.4) is 0 Å². The van der Waals surface area contributed by atoms with Crippen molar-refractivity contribution in [3.8, 4) is 0 Å². The molecule has 1 aromatic heterocycles. The lowest BCUT2D eigenvalue weighted by Crippen LogP contribution is -2.12. The van der Waals surface area contributed by atoms with Crippen LogP contribution in [0.4, 0.5) is 5.69 Å². The summed E-state index contributed by atoms with van der Waals surface area (Å²) in [6, 6.07) is 5.56. The molecule has 0 spiro atoms. The smallest absolute Gasteiger partial charge is 0.239 e. The van der Waals surface area contributed by atoms with Crippen LogP contribution in [0.25, 0.3) is 10.9 Å². The number of hydrogen-bond donors (Lipinski definition) is 2. The summed E-state index contributed by atoms with van der Waals surface area (Å²) in [6.07, 6.45) is 1.70. The SMILES string of the molecule is O=C(CCl)Nc1cccc2cn[nH]c12. The monoisotopic (exact) mass is 209 g/mol. The Morgan fingerprint density at radius 2 is 2.43 bits per heavy atom. The van der Waals surface area contributed by atoms with Crippen LogP contribution in [0.15, 0.2) is 24.4 Å². The van der Waals surface area contributed by atoms with Crippen LogP contribution >= 0.6 is 11.6 Å². The molecular weight excluding hydrogens is 202 g/mol. The van der Waals surface area contributed by atoms with Gasteiger partial charge in [0, 0.05) is 5.39 Å². The van der Waals surface area contributed by atoms with Gasteiger partial charge < -0.3 is 5.32 Å². The van der Waals surface area contributed by atoms with Crippen LogP contribution in [0, 0.1) is 0 Å². The molecule has 0 saturated heterocycles. The molecule has 0 aliphatic heterocycles. The highest BCUT2D eigenvalue weighted by molar-refractivity contribution is 6.29. The Kier molecular flexibility index (Phi) is 2.37. The van der Waals surface area contributed by atoms with Crippen LogP contribution in [0.1, 0.15) is 0 Å². The van der Waals surface area contributed by atoms with Gasteiger partial charge in [0.15, 0.2) is 0 Å². The molecule has 14 heavy (non-hydrogen) atoms. The second-order valence-electron chi connectivity index (χ2n) is 2.82. The average Bonchev–Trinajstić information content (AvgIpc) is 2.66. The molecule has 4 nitrogen and oxygen atoms in total. The number of carbonyl (C=O) groups is 1. The zero-order valence-electron chi connectivity index (χ0n) is 7.25. The van der Waals surface area contributed by atoms with Crippen molar-refractivity contribution in [3.05, 3.63) is 24.4 Å². The number of para-hydroxylation sites is 1. The first-order valence-electron chi connectivity index (χ1n) is 4.09. The van der Waals surface area contributed by atoms with Crippen molar-refractivity contribution in [1.29, 1.82) is 0 Å². The van der Waals surface area contributed by atoms with Gasteiger partial charge in [0.25, 0.3) is 0 Å². The Balaban J connectivity index is 2.41. The van der Waals surface area contributed by atoms with Gasteiger partial charge >= 0.3 is 0 Å². The molecule has 2 rings (SSSR count). The molecule has 0 saturated carbocycles. The summed E-state index contributed by atoms with van der Waals surface area (Å²) in [7, 11) is 0. The number of fused-ring (bicyclic) bond motifs is 1. The normalized spacial score (nSPS) is 10.4. The summed E-state index contributed by atoms with van der Waals surface area (Å²) in [4.78, 5) is 11.1. The Hall–Kier alpha value is -1.55. The Morgan fingerprint density at radius 1 is 1.57 bits per heavy atom. The van der Waals surface area contributed by atoms with Gasteiger partial charge in [-0.3, -0.25) is 9.89 Å². The lowest BCUT2D eigenvalue weighted by Gasteiger charge is -2.03. The molecule has 0 fully saturated rings. The number of halogens is 1. The minimum absolute atomic E-state index is 0.0511. The highest BCUT2D eigenvalue weighted by atomic mass is 35.5. The summed E-state index contributed by atoms with van der Waals surface area (Å²) in [5, 5.41) is 10.3. The maximum atomic E-state index is 11.1. The molecule has 0 atom stereocenters. The molecule has 5 heteroatoms. The fraction of sp³-hybridized carbons (Fsp3) is 0.111. The van der Waals surface area contributed by atoms with Crippen LogP contribution in [-0.4, -0.2) is 22.0 Å². The lowest BCUT2D eigenvalue weighted by atomic mass is 10.2. The highest BCUT2D eigenvalue weighted by Gasteiger charge is 2.04. The number of amides is 1. The molecule has 0 unspecified atom stereocenters. The molecule has 0 aliphatic rings. The summed E-state index contributed by atoms with van der Waals surface area (Å²) >= 11 is 5.39. The van der Waals surface area contributed by atoms with E-state index < -0.39 is 0 Å². The van der Waals surface area contributed by atoms with Crippen LogP contribution in [0.2, 0.25) is 0 Å². The average molecular weight is 210 g/mol. The van der Waals surface area contributed by atoms with E-state index in [2.05, 4.69) is 15.5 Å². The van der Waals surface area contributed by atoms with E-state index in [-0.39, 0.29) is 11.8 Å². The van der Waals surface area contributed by atoms with Gasteiger partial charge in [-0.25, -0.2) is 0 Å². The predicted molar refractivity (Wildman–Crippen MR) is 55.4 cm³/mol. The third-order valence-electron chi connectivity index (χ3n) is 1.87. The Bertz CT molecular complexity index is 466. The van der Waals surface area contributed by atoms with Gasteiger partial charge in [-0.2, -0.15) is 5.10 Å². The molecule has 1 amide bonds. The van der Waals surface area contributed by atoms with E-state index in [1.165, 1.54) is 0 Å². The molecular formula is C9H8ClN3O. The standard InChI is InChI=1S/C9H8ClN3O/c10-4-8(14)12-7-3-1-2-6-5-11-13-9(6)7/h1-3,5H,4H2,(H,11,13)(H,12,14). The number of alkyl halides is 1. The van der Waals surface area contributed by atoms with E-state index in [1.807, 2.05) is 12.1 Å². The third-order valence-corrected chi connectivity index (χ3v) is 2.11. The first-order chi connectivity index (χ1) is 6.81. The van der Waals surface area contributed by atoms with Crippen molar-refractivity contribution < 1.29 is 4.79 Å². The lowest BCUT2D eigenvalue weighted by molar-refractivity contribution is -0.113. The third kappa shape index (κ3) is 1.56. The van der Waals surface area contributed by atoms with E-state index in [0.717, 1.165) is 10.9 Å². The van der Waals surface area contributed by atoms with Crippen molar-refractivity contribution in [1.82, 2.24) is 10.2 Å². The van der Waals surface area contributed by atoms with Crippen LogP contribution in [0.5, 0.6) is 0 Å². The second-order valence-corrected chi connectivity index (χ2v) is 3.09. The number of carbonyl (C=O) groups excluding carboxylic acids is 1. The Labute approximate surface area is 85.3 Å². The zero-order valence-corrected chi connectivity index (χ0v) is 8.01. The largest absolute Gasteiger partial charge is 0.323 e. The van der Waals surface area contributed by atoms with Crippen LogP contribution < -0.4 is 5.32 Å². The van der Waals surface area contributed by atoms with Crippen molar-refractivity contribution in [2.45, 2.75) is 0 Å². The topological polar surface area (TPSA) is 57.8 Å². The van der Waals surface area contributed by atoms with Gasteiger partial charge in [0.1, 0.15) is 5.88 Å². The van der Waals surface area contributed by atoms with E-state index >= 15 is 0 Å². The molecule has 0 radical (unpaired) electrons. The molecule has 2 N–H and O–H groups in total. The fourth-order valence-electron chi connectivity index (χ4n) is 1.26. The van der Waals surface area contributed by atoms with Crippen molar-refractivity contribution in [2.75, 3.05) is 11.2 Å². The number of nitrogens with one attached hydrogen (secondary N) is 2. The van der Waals surface area contributed by atoms with Gasteiger partial charge in [-0.1, -0.05) is 12.1 Å². The predicted octanol–water partition coefficient (Wildman–Crippen LogP) is 1.74. The maximum absolute atomic E-state index is 11.1. The number of benzene rings is 1. The molecule has 1 aromatic carbocycles. The number of aromatic amines is 1. The minimum atomic E-state index is -0.228. The van der Waals surface area contributed by atoms with Crippen molar-refractivity contribution in [2.24, 2.45) is 0 Å². The van der Waals surface area contributed by atoms with Crippen LogP contribution in [-0.2, 0) is 4.79 Å². The quantitative estimate of drug-likeness (QED) is 0.741. The first-order valence-corrected chi connectivity index (χ1v) is 4.62. The van der Waals surface area contributed by atoms with Crippen molar-refractivity contribution >= 4 is 34.1 Å². The maximum Gasteiger partial charge on any atom is 0.239 e. The van der Waals surface area contributed by atoms with Gasteiger partial charge in [0.2, 0.25) is 5.91 Å². The number of aromatic nitrogens is 2. The summed E-state index contributed by atoms with van der Waals surface area (Å²) in [5.41, 5.74) is 1.51. The number of anilines is 1. The number of hydrogen-bond acceptors (Lipinski definition) is 2. The second kappa shape index (κ2) is 3.67. The number of nitrogens with zero attached hydrogens (tertiary/aromatic N) is 1. The van der Waals surface area contributed by atoms with E-state index in [9.17, 15) is 4.79 Å². The van der Waals surface area contributed by atoms with Gasteiger partial charge in [-0.05, 0) is 6.07 Å². The Morgan fingerprint density at radius 3 is 3.21 bits per heavy atom. The zero-order chi connectivity index (χ0) is 9.97. The highest BCUT2D eigenvalue weighted by Crippen LogP contribution is 2.20. The summed E-state index contributed by atoms with van der Waals surface area (Å²) in [6.45, 7) is 0. The summed E-state index contributed by atoms with van der Waals surface area (Å²) < 4.78 is 0. The van der Waals surface area contributed by atoms with Gasteiger partial charge in [0.05, 0.1) is 17.4 Å².